The van der Waals surface area contributed by atoms with E-state index in [0.29, 0.717) is 12.5 Å². The van der Waals surface area contributed by atoms with E-state index in [9.17, 15) is 4.79 Å². The fraction of sp³-hybridized carbons (Fsp3) is 0.562. The molecule has 2 fully saturated rings. The largest absolute Gasteiger partial charge is 0.399 e. The van der Waals surface area contributed by atoms with Crippen LogP contribution in [0, 0.1) is 5.41 Å². The molecule has 1 spiro atoms. The normalized spacial score (nSPS) is 20.2. The van der Waals surface area contributed by atoms with Gasteiger partial charge in [-0.15, -0.1) is 24.8 Å². The lowest BCUT2D eigenvalue weighted by molar-refractivity contribution is -0.149. The van der Waals surface area contributed by atoms with Crippen LogP contribution in [0.2, 0.25) is 0 Å². The molecule has 4 nitrogen and oxygen atoms in total. The molecule has 2 aliphatic rings. The summed E-state index contributed by atoms with van der Waals surface area (Å²) in [6.07, 6.45) is 4.15. The van der Waals surface area contributed by atoms with Crippen molar-refractivity contribution in [3.8, 4) is 0 Å². The maximum atomic E-state index is 12.9. The van der Waals surface area contributed by atoms with E-state index in [1.165, 1.54) is 0 Å². The zero-order valence-corrected chi connectivity index (χ0v) is 14.3. The Bertz CT molecular complexity index is 498. The van der Waals surface area contributed by atoms with Gasteiger partial charge in [-0.2, -0.15) is 0 Å². The Morgan fingerprint density at radius 2 is 1.91 bits per heavy atom. The van der Waals surface area contributed by atoms with Crippen molar-refractivity contribution in [2.24, 2.45) is 5.41 Å². The minimum atomic E-state index is -0.0934. The van der Waals surface area contributed by atoms with Gasteiger partial charge in [0.1, 0.15) is 0 Å². The maximum Gasteiger partial charge on any atom is 0.229 e. The number of carbonyl (C=O) groups excluding carboxylic acids is 1. The summed E-state index contributed by atoms with van der Waals surface area (Å²) in [5, 5.41) is 3.36. The van der Waals surface area contributed by atoms with E-state index in [2.05, 4.69) is 5.32 Å². The lowest BCUT2D eigenvalue weighted by Crippen LogP contribution is -2.52. The van der Waals surface area contributed by atoms with Gasteiger partial charge in [-0.1, -0.05) is 12.1 Å². The van der Waals surface area contributed by atoms with Crippen LogP contribution in [0.3, 0.4) is 0 Å². The molecule has 3 N–H and O–H groups in total. The third-order valence-corrected chi connectivity index (χ3v) is 4.71. The number of likely N-dealkylation sites (tertiary alicyclic amines) is 1. The van der Waals surface area contributed by atoms with Crippen LogP contribution >= 0.6 is 24.8 Å². The Balaban J connectivity index is 0.00000121. The van der Waals surface area contributed by atoms with Crippen LogP contribution < -0.4 is 11.1 Å². The second-order valence-corrected chi connectivity index (χ2v) is 6.11. The molecule has 2 saturated heterocycles. The Labute approximate surface area is 144 Å². The molecule has 0 aromatic heterocycles. The van der Waals surface area contributed by atoms with Gasteiger partial charge >= 0.3 is 0 Å². The standard InChI is InChI=1S/C16H23N3O.2ClH/c17-14-4-1-3-13(11-14)12-19-10-2-5-16(15(19)20)6-8-18-9-7-16;;/h1,3-4,11,18H,2,5-10,12,17H2;2*1H. The van der Waals surface area contributed by atoms with Crippen molar-refractivity contribution in [1.82, 2.24) is 10.2 Å². The number of halogens is 2. The molecule has 2 heterocycles. The highest BCUT2D eigenvalue weighted by Gasteiger charge is 2.44. The minimum Gasteiger partial charge on any atom is -0.399 e. The van der Waals surface area contributed by atoms with Crippen molar-refractivity contribution in [2.45, 2.75) is 32.2 Å². The molecule has 6 heteroatoms. The smallest absolute Gasteiger partial charge is 0.229 e. The Morgan fingerprint density at radius 3 is 2.59 bits per heavy atom. The summed E-state index contributed by atoms with van der Waals surface area (Å²) < 4.78 is 0. The number of nitrogens with zero attached hydrogens (tertiary/aromatic N) is 1. The molecule has 0 saturated carbocycles. The lowest BCUT2D eigenvalue weighted by atomic mass is 9.72. The van der Waals surface area contributed by atoms with Crippen molar-refractivity contribution < 1.29 is 4.79 Å². The molecule has 0 bridgehead atoms. The predicted molar refractivity (Wildman–Crippen MR) is 94.5 cm³/mol. The molecular formula is C16H25Cl2N3O. The van der Waals surface area contributed by atoms with Crippen molar-refractivity contribution in [3.05, 3.63) is 29.8 Å². The van der Waals surface area contributed by atoms with Gasteiger partial charge in [0.05, 0.1) is 5.41 Å². The second kappa shape index (κ2) is 8.04. The molecule has 0 radical (unpaired) electrons. The van der Waals surface area contributed by atoms with E-state index in [1.807, 2.05) is 29.2 Å². The number of anilines is 1. The molecule has 1 amide bonds. The zero-order chi connectivity index (χ0) is 14.0. The molecule has 1 aromatic carbocycles. The lowest BCUT2D eigenvalue weighted by Gasteiger charge is -2.44. The molecule has 1 aromatic rings. The van der Waals surface area contributed by atoms with Gasteiger partial charge in [-0.3, -0.25) is 4.79 Å². The number of hydrogen-bond acceptors (Lipinski definition) is 3. The number of benzene rings is 1. The van der Waals surface area contributed by atoms with Gasteiger partial charge in [-0.25, -0.2) is 0 Å². The number of amides is 1. The first-order chi connectivity index (χ1) is 9.70. The number of nitrogens with two attached hydrogens (primary N) is 1. The number of nitrogens with one attached hydrogen (secondary N) is 1. The fourth-order valence-electron chi connectivity index (χ4n) is 3.58. The van der Waals surface area contributed by atoms with Crippen LogP contribution in [0.15, 0.2) is 24.3 Å². The highest BCUT2D eigenvalue weighted by Crippen LogP contribution is 2.39. The van der Waals surface area contributed by atoms with E-state index < -0.39 is 0 Å². The fourth-order valence-corrected chi connectivity index (χ4v) is 3.58. The van der Waals surface area contributed by atoms with Crippen molar-refractivity contribution in [2.75, 3.05) is 25.4 Å². The summed E-state index contributed by atoms with van der Waals surface area (Å²) in [4.78, 5) is 14.9. The van der Waals surface area contributed by atoms with E-state index in [-0.39, 0.29) is 30.2 Å². The first kappa shape index (κ1) is 19.1. The SMILES string of the molecule is Cl.Cl.Nc1cccc(CN2CCCC3(CCNCC3)C2=O)c1. The number of hydrogen-bond donors (Lipinski definition) is 2. The van der Waals surface area contributed by atoms with Crippen LogP contribution in [0.1, 0.15) is 31.2 Å². The second-order valence-electron chi connectivity index (χ2n) is 6.11. The number of nitrogen functional groups attached to an aromatic ring is 1. The molecule has 3 rings (SSSR count). The van der Waals surface area contributed by atoms with Gasteiger partial charge in [0, 0.05) is 18.8 Å². The van der Waals surface area contributed by atoms with Crippen molar-refractivity contribution in [1.29, 1.82) is 0 Å². The summed E-state index contributed by atoms with van der Waals surface area (Å²) >= 11 is 0. The van der Waals surface area contributed by atoms with Crippen LogP contribution in [0.5, 0.6) is 0 Å². The molecule has 0 unspecified atom stereocenters. The quantitative estimate of drug-likeness (QED) is 0.810. The van der Waals surface area contributed by atoms with Crippen LogP contribution in [0.25, 0.3) is 0 Å². The zero-order valence-electron chi connectivity index (χ0n) is 12.7. The average molecular weight is 346 g/mol. The van der Waals surface area contributed by atoms with E-state index in [1.54, 1.807) is 0 Å². The van der Waals surface area contributed by atoms with Crippen molar-refractivity contribution >= 4 is 36.4 Å². The summed E-state index contributed by atoms with van der Waals surface area (Å²) in [7, 11) is 0. The van der Waals surface area contributed by atoms with Gasteiger partial charge in [0.2, 0.25) is 5.91 Å². The third kappa shape index (κ3) is 3.86. The highest BCUT2D eigenvalue weighted by molar-refractivity contribution is 5.85. The average Bonchev–Trinajstić information content (AvgIpc) is 2.45. The Kier molecular flexibility index (Phi) is 6.98. The minimum absolute atomic E-state index is 0. The summed E-state index contributed by atoms with van der Waals surface area (Å²) in [5.74, 6) is 0.354. The number of rotatable bonds is 2. The Hall–Kier alpha value is -0.970. The van der Waals surface area contributed by atoms with Crippen LogP contribution in [-0.4, -0.2) is 30.4 Å². The highest BCUT2D eigenvalue weighted by atomic mass is 35.5. The van der Waals surface area contributed by atoms with E-state index >= 15 is 0 Å². The predicted octanol–water partition coefficient (Wildman–Crippen LogP) is 2.60. The van der Waals surface area contributed by atoms with E-state index in [0.717, 1.165) is 56.6 Å². The van der Waals surface area contributed by atoms with Gasteiger partial charge in [-0.05, 0) is 56.5 Å². The molecular weight excluding hydrogens is 321 g/mol. The van der Waals surface area contributed by atoms with Gasteiger partial charge < -0.3 is 16.0 Å². The number of piperidine rings is 2. The van der Waals surface area contributed by atoms with Crippen LogP contribution in [-0.2, 0) is 11.3 Å². The molecule has 0 atom stereocenters. The molecule has 22 heavy (non-hydrogen) atoms. The van der Waals surface area contributed by atoms with Crippen LogP contribution in [0.4, 0.5) is 5.69 Å². The Morgan fingerprint density at radius 1 is 1.18 bits per heavy atom. The van der Waals surface area contributed by atoms with E-state index in [4.69, 9.17) is 5.73 Å². The molecule has 124 valence electrons. The summed E-state index contributed by atoms with van der Waals surface area (Å²) in [5.41, 5.74) is 7.63. The summed E-state index contributed by atoms with van der Waals surface area (Å²) in [6, 6.07) is 7.86. The monoisotopic (exact) mass is 345 g/mol. The first-order valence-corrected chi connectivity index (χ1v) is 7.54. The summed E-state index contributed by atoms with van der Waals surface area (Å²) in [6.45, 7) is 3.51. The van der Waals surface area contributed by atoms with Crippen molar-refractivity contribution in [3.63, 3.8) is 0 Å². The third-order valence-electron chi connectivity index (χ3n) is 4.71. The van der Waals surface area contributed by atoms with Gasteiger partial charge in [0.15, 0.2) is 0 Å². The molecule has 0 aliphatic carbocycles. The first-order valence-electron chi connectivity index (χ1n) is 7.54. The topological polar surface area (TPSA) is 58.4 Å². The molecule has 2 aliphatic heterocycles. The van der Waals surface area contributed by atoms with Gasteiger partial charge in [0.25, 0.3) is 0 Å². The number of carbonyl (C=O) groups is 1. The maximum absolute atomic E-state index is 12.9.